The average molecular weight is 405 g/mol. The highest BCUT2D eigenvalue weighted by Crippen LogP contribution is 2.29. The van der Waals surface area contributed by atoms with Crippen LogP contribution in [0.15, 0.2) is 47.4 Å². The number of carbonyl (C=O) groups excluding carboxylic acids is 2. The van der Waals surface area contributed by atoms with Gasteiger partial charge in [0.05, 0.1) is 29.9 Å². The molecule has 0 aliphatic heterocycles. The van der Waals surface area contributed by atoms with Gasteiger partial charge in [0.15, 0.2) is 0 Å². The van der Waals surface area contributed by atoms with Crippen LogP contribution in [0.5, 0.6) is 0 Å². The molecule has 0 aromatic heterocycles. The van der Waals surface area contributed by atoms with Crippen molar-refractivity contribution < 1.29 is 27.5 Å². The van der Waals surface area contributed by atoms with Gasteiger partial charge in [0, 0.05) is 0 Å². The van der Waals surface area contributed by atoms with Crippen LogP contribution in [0.4, 0.5) is 5.69 Å². The van der Waals surface area contributed by atoms with E-state index in [1.165, 1.54) is 37.4 Å². The quantitative estimate of drug-likeness (QED) is 0.658. The fourth-order valence-corrected chi connectivity index (χ4v) is 4.15. The van der Waals surface area contributed by atoms with Gasteiger partial charge in [0.1, 0.15) is 6.54 Å². The Labute approximate surface area is 164 Å². The van der Waals surface area contributed by atoms with Crippen LogP contribution < -0.4 is 4.31 Å². The number of esters is 2. The number of ether oxygens (including phenoxy) is 2. The molecule has 0 amide bonds. The summed E-state index contributed by atoms with van der Waals surface area (Å²) in [7, 11) is -2.83. The summed E-state index contributed by atoms with van der Waals surface area (Å²) in [4.78, 5) is 24.2. The summed E-state index contributed by atoms with van der Waals surface area (Å²) in [6, 6.07) is 10.9. The third-order valence-corrected chi connectivity index (χ3v) is 5.94. The number of hydrogen-bond donors (Lipinski definition) is 0. The van der Waals surface area contributed by atoms with Gasteiger partial charge in [0.2, 0.25) is 0 Å². The van der Waals surface area contributed by atoms with Crippen molar-refractivity contribution in [2.45, 2.75) is 25.7 Å². The number of benzene rings is 2. The normalized spacial score (nSPS) is 11.0. The second-order valence-corrected chi connectivity index (χ2v) is 7.93. The van der Waals surface area contributed by atoms with E-state index < -0.39 is 28.5 Å². The Morgan fingerprint density at radius 3 is 2.25 bits per heavy atom. The predicted octanol–water partition coefficient (Wildman–Crippen LogP) is 2.85. The molecule has 2 aromatic carbocycles. The van der Waals surface area contributed by atoms with E-state index in [4.69, 9.17) is 9.47 Å². The van der Waals surface area contributed by atoms with E-state index in [2.05, 4.69) is 0 Å². The van der Waals surface area contributed by atoms with Gasteiger partial charge in [-0.1, -0.05) is 23.8 Å². The summed E-state index contributed by atoms with van der Waals surface area (Å²) in [6.07, 6.45) is 0. The van der Waals surface area contributed by atoms with E-state index in [0.717, 1.165) is 9.87 Å². The highest BCUT2D eigenvalue weighted by Gasteiger charge is 2.30. The molecule has 150 valence electrons. The Morgan fingerprint density at radius 2 is 1.68 bits per heavy atom. The third kappa shape index (κ3) is 4.51. The van der Waals surface area contributed by atoms with Crippen LogP contribution in [0.25, 0.3) is 0 Å². The van der Waals surface area contributed by atoms with Gasteiger partial charge >= 0.3 is 11.9 Å². The topological polar surface area (TPSA) is 90.0 Å². The van der Waals surface area contributed by atoms with Crippen LogP contribution in [0, 0.1) is 13.8 Å². The molecule has 0 bridgehead atoms. The van der Waals surface area contributed by atoms with Crippen molar-refractivity contribution in [2.24, 2.45) is 0 Å². The van der Waals surface area contributed by atoms with Crippen molar-refractivity contribution in [3.8, 4) is 0 Å². The van der Waals surface area contributed by atoms with Gasteiger partial charge in [-0.2, -0.15) is 0 Å². The minimum Gasteiger partial charge on any atom is -0.465 e. The summed E-state index contributed by atoms with van der Waals surface area (Å²) in [6.45, 7) is 4.69. The second kappa shape index (κ2) is 8.88. The van der Waals surface area contributed by atoms with Crippen molar-refractivity contribution in [3.63, 3.8) is 0 Å². The van der Waals surface area contributed by atoms with E-state index in [-0.39, 0.29) is 22.8 Å². The maximum absolute atomic E-state index is 13.3. The maximum Gasteiger partial charge on any atom is 0.338 e. The number of rotatable bonds is 7. The van der Waals surface area contributed by atoms with Crippen molar-refractivity contribution in [2.75, 3.05) is 24.6 Å². The molecule has 0 saturated carbocycles. The van der Waals surface area contributed by atoms with Gasteiger partial charge in [-0.05, 0) is 50.6 Å². The first kappa shape index (κ1) is 21.4. The first-order chi connectivity index (χ1) is 13.2. The zero-order valence-corrected chi connectivity index (χ0v) is 17.1. The third-order valence-electron chi connectivity index (χ3n) is 4.17. The number of nitrogens with zero attached hydrogens (tertiary/aromatic N) is 1. The van der Waals surface area contributed by atoms with Gasteiger partial charge in [-0.3, -0.25) is 9.10 Å². The second-order valence-electron chi connectivity index (χ2n) is 6.07. The lowest BCUT2D eigenvalue weighted by atomic mass is 10.1. The zero-order chi connectivity index (χ0) is 20.9. The smallest absolute Gasteiger partial charge is 0.338 e. The Morgan fingerprint density at radius 1 is 1.04 bits per heavy atom. The molecule has 28 heavy (non-hydrogen) atoms. The van der Waals surface area contributed by atoms with Crippen molar-refractivity contribution >= 4 is 27.6 Å². The van der Waals surface area contributed by atoms with Crippen LogP contribution in [-0.2, 0) is 24.3 Å². The van der Waals surface area contributed by atoms with Gasteiger partial charge in [-0.25, -0.2) is 13.2 Å². The lowest BCUT2D eigenvalue weighted by Crippen LogP contribution is -2.37. The molecule has 0 unspecified atom stereocenters. The fraction of sp³-hybridized carbons (Fsp3) is 0.300. The van der Waals surface area contributed by atoms with Crippen LogP contribution in [0.2, 0.25) is 0 Å². The molecule has 2 rings (SSSR count). The van der Waals surface area contributed by atoms with E-state index in [1.807, 2.05) is 6.92 Å². The molecular formula is C20H23NO6S. The van der Waals surface area contributed by atoms with Crippen LogP contribution in [0.3, 0.4) is 0 Å². The van der Waals surface area contributed by atoms with Crippen LogP contribution in [-0.4, -0.2) is 40.6 Å². The lowest BCUT2D eigenvalue weighted by Gasteiger charge is -2.26. The molecule has 2 aromatic rings. The molecule has 8 heteroatoms. The molecule has 0 saturated heterocycles. The molecule has 0 heterocycles. The van der Waals surface area contributed by atoms with Crippen LogP contribution >= 0.6 is 0 Å². The van der Waals surface area contributed by atoms with Crippen molar-refractivity contribution in [1.29, 1.82) is 0 Å². The minimum atomic E-state index is -4.08. The van der Waals surface area contributed by atoms with E-state index in [0.29, 0.717) is 5.56 Å². The Balaban J connectivity index is 2.62. The number of hydrogen-bond acceptors (Lipinski definition) is 6. The molecule has 0 radical (unpaired) electrons. The summed E-state index contributed by atoms with van der Waals surface area (Å²) >= 11 is 0. The molecule has 0 aliphatic carbocycles. The molecule has 0 fully saturated rings. The molecule has 0 spiro atoms. The summed E-state index contributed by atoms with van der Waals surface area (Å²) in [5.41, 5.74) is 1.71. The standard InChI is InChI=1S/C20H23NO6S/c1-5-27-19(22)13-21(28(24,25)16-11-9-14(2)10-12-16)18-8-6-7-17(15(18)3)20(23)26-4/h6-12H,5,13H2,1-4H3. The highest BCUT2D eigenvalue weighted by molar-refractivity contribution is 7.92. The monoisotopic (exact) mass is 405 g/mol. The molecule has 0 aliphatic rings. The van der Waals surface area contributed by atoms with Crippen molar-refractivity contribution in [1.82, 2.24) is 0 Å². The molecule has 0 N–H and O–H groups in total. The van der Waals surface area contributed by atoms with Gasteiger partial charge in [0.25, 0.3) is 10.0 Å². The number of carbonyl (C=O) groups is 2. The predicted molar refractivity (Wildman–Crippen MR) is 105 cm³/mol. The lowest BCUT2D eigenvalue weighted by molar-refractivity contribution is -0.141. The summed E-state index contributed by atoms with van der Waals surface area (Å²) in [5, 5.41) is 0. The Bertz CT molecular complexity index is 967. The zero-order valence-electron chi connectivity index (χ0n) is 16.3. The Kier molecular flexibility index (Phi) is 6.80. The van der Waals surface area contributed by atoms with E-state index in [1.54, 1.807) is 26.0 Å². The first-order valence-corrected chi connectivity index (χ1v) is 10.1. The summed E-state index contributed by atoms with van der Waals surface area (Å²) in [5.74, 6) is -1.29. The first-order valence-electron chi connectivity index (χ1n) is 8.65. The summed E-state index contributed by atoms with van der Waals surface area (Å²) < 4.78 is 37.2. The number of anilines is 1. The van der Waals surface area contributed by atoms with Gasteiger partial charge < -0.3 is 9.47 Å². The molecule has 7 nitrogen and oxygen atoms in total. The van der Waals surface area contributed by atoms with Crippen molar-refractivity contribution in [3.05, 3.63) is 59.2 Å². The number of aryl methyl sites for hydroxylation is 1. The largest absolute Gasteiger partial charge is 0.465 e. The Hall–Kier alpha value is -2.87. The molecular weight excluding hydrogens is 382 g/mol. The van der Waals surface area contributed by atoms with Crippen LogP contribution in [0.1, 0.15) is 28.4 Å². The fourth-order valence-electron chi connectivity index (χ4n) is 2.69. The van der Waals surface area contributed by atoms with E-state index >= 15 is 0 Å². The van der Waals surface area contributed by atoms with Gasteiger partial charge in [-0.15, -0.1) is 0 Å². The maximum atomic E-state index is 13.3. The SMILES string of the molecule is CCOC(=O)CN(c1cccc(C(=O)OC)c1C)S(=O)(=O)c1ccc(C)cc1. The molecule has 0 atom stereocenters. The average Bonchev–Trinajstić information content (AvgIpc) is 2.66. The highest BCUT2D eigenvalue weighted by atomic mass is 32.2. The minimum absolute atomic E-state index is 0.0327. The van der Waals surface area contributed by atoms with E-state index in [9.17, 15) is 18.0 Å². The number of methoxy groups -OCH3 is 1. The number of sulfonamides is 1.